The number of aryl methyl sites for hydroxylation is 2. The molecule has 1 heterocycles. The second-order valence-corrected chi connectivity index (χ2v) is 4.32. The number of amides is 1. The van der Waals surface area contributed by atoms with Crippen LogP contribution in [0.1, 0.15) is 30.2 Å². The summed E-state index contributed by atoms with van der Waals surface area (Å²) in [6, 6.07) is 0. The molecule has 1 fully saturated rings. The Bertz CT molecular complexity index is 454. The Balaban J connectivity index is 1.95. The fourth-order valence-corrected chi connectivity index (χ4v) is 1.60. The van der Waals surface area contributed by atoms with Crippen LogP contribution < -0.4 is 5.32 Å². The predicted octanol–water partition coefficient (Wildman–Crippen LogP) is 0.772. The number of hydrogen-bond donors (Lipinski definition) is 2. The molecule has 6 heteroatoms. The molecule has 0 unspecified atom stereocenters. The zero-order valence-corrected chi connectivity index (χ0v) is 9.74. The van der Waals surface area contributed by atoms with Crippen LogP contribution in [0.3, 0.4) is 0 Å². The molecule has 0 aromatic carbocycles. The standard InChI is InChI=1S/C11H14N2O4/c1-6-7(2)17-8(13-6)5-12-9(14)11(3-4-11)10(15)16/h3-5H2,1-2H3,(H,12,14)(H,15,16). The van der Waals surface area contributed by atoms with Crippen LogP contribution in [0.5, 0.6) is 0 Å². The number of aromatic nitrogens is 1. The van der Waals surface area contributed by atoms with Gasteiger partial charge in [0, 0.05) is 0 Å². The number of aliphatic carboxylic acids is 1. The van der Waals surface area contributed by atoms with E-state index in [1.54, 1.807) is 6.92 Å². The average molecular weight is 238 g/mol. The van der Waals surface area contributed by atoms with Crippen molar-refractivity contribution in [1.82, 2.24) is 10.3 Å². The summed E-state index contributed by atoms with van der Waals surface area (Å²) in [4.78, 5) is 26.7. The highest BCUT2D eigenvalue weighted by atomic mass is 16.4. The van der Waals surface area contributed by atoms with Crippen molar-refractivity contribution in [1.29, 1.82) is 0 Å². The second kappa shape index (κ2) is 3.87. The molecule has 2 rings (SSSR count). The van der Waals surface area contributed by atoms with Gasteiger partial charge in [0.25, 0.3) is 0 Å². The normalized spacial score (nSPS) is 16.6. The van der Waals surface area contributed by atoms with Gasteiger partial charge < -0.3 is 14.8 Å². The van der Waals surface area contributed by atoms with Crippen LogP contribution in [0, 0.1) is 19.3 Å². The predicted molar refractivity (Wildman–Crippen MR) is 57.1 cm³/mol. The van der Waals surface area contributed by atoms with Crippen LogP contribution in [-0.2, 0) is 16.1 Å². The second-order valence-electron chi connectivity index (χ2n) is 4.32. The summed E-state index contributed by atoms with van der Waals surface area (Å²) in [5, 5.41) is 11.5. The third kappa shape index (κ3) is 2.02. The van der Waals surface area contributed by atoms with E-state index in [0.717, 1.165) is 5.69 Å². The van der Waals surface area contributed by atoms with Gasteiger partial charge in [0.05, 0.1) is 12.2 Å². The van der Waals surface area contributed by atoms with Gasteiger partial charge in [-0.05, 0) is 26.7 Å². The summed E-state index contributed by atoms with van der Waals surface area (Å²) in [6.45, 7) is 3.72. The quantitative estimate of drug-likeness (QED) is 0.756. The molecule has 1 saturated carbocycles. The van der Waals surface area contributed by atoms with E-state index < -0.39 is 17.3 Å². The number of carbonyl (C=O) groups excluding carboxylic acids is 1. The molecule has 6 nitrogen and oxygen atoms in total. The highest BCUT2D eigenvalue weighted by molar-refractivity contribution is 6.04. The number of carboxylic acids is 1. The molecule has 1 aromatic heterocycles. The van der Waals surface area contributed by atoms with E-state index in [2.05, 4.69) is 10.3 Å². The maximum absolute atomic E-state index is 11.7. The zero-order valence-electron chi connectivity index (χ0n) is 9.74. The average Bonchev–Trinajstić information content (AvgIpc) is 3.00. The number of carboxylic acid groups (broad SMARTS) is 1. The Morgan fingerprint density at radius 1 is 1.47 bits per heavy atom. The van der Waals surface area contributed by atoms with E-state index in [-0.39, 0.29) is 6.54 Å². The molecule has 2 N–H and O–H groups in total. The number of nitrogens with one attached hydrogen (secondary N) is 1. The summed E-state index contributed by atoms with van der Waals surface area (Å²) in [6.07, 6.45) is 0.801. The highest BCUT2D eigenvalue weighted by Gasteiger charge is 2.57. The van der Waals surface area contributed by atoms with Crippen molar-refractivity contribution in [2.45, 2.75) is 33.2 Å². The smallest absolute Gasteiger partial charge is 0.319 e. The molecule has 1 aliphatic rings. The third-order valence-electron chi connectivity index (χ3n) is 3.07. The van der Waals surface area contributed by atoms with Gasteiger partial charge in [-0.3, -0.25) is 9.59 Å². The lowest BCUT2D eigenvalue weighted by atomic mass is 10.1. The van der Waals surface area contributed by atoms with Crippen LogP contribution in [0.2, 0.25) is 0 Å². The fraction of sp³-hybridized carbons (Fsp3) is 0.545. The molecule has 0 bridgehead atoms. The lowest BCUT2D eigenvalue weighted by molar-refractivity contribution is -0.149. The van der Waals surface area contributed by atoms with E-state index in [1.165, 1.54) is 0 Å². The van der Waals surface area contributed by atoms with Crippen molar-refractivity contribution in [2.24, 2.45) is 5.41 Å². The maximum atomic E-state index is 11.7. The van der Waals surface area contributed by atoms with Crippen LogP contribution >= 0.6 is 0 Å². The van der Waals surface area contributed by atoms with Gasteiger partial charge in [-0.25, -0.2) is 4.98 Å². The fourth-order valence-electron chi connectivity index (χ4n) is 1.60. The Hall–Kier alpha value is -1.85. The minimum atomic E-state index is -1.21. The maximum Gasteiger partial charge on any atom is 0.319 e. The van der Waals surface area contributed by atoms with Crippen molar-refractivity contribution in [3.8, 4) is 0 Å². The SMILES string of the molecule is Cc1nc(CNC(=O)C2(C(=O)O)CC2)oc1C. The van der Waals surface area contributed by atoms with Gasteiger partial charge in [0.1, 0.15) is 11.2 Å². The molecule has 0 spiro atoms. The number of oxazole rings is 1. The first-order valence-corrected chi connectivity index (χ1v) is 5.40. The lowest BCUT2D eigenvalue weighted by Crippen LogP contribution is -2.36. The van der Waals surface area contributed by atoms with Gasteiger partial charge in [0.2, 0.25) is 11.8 Å². The first-order chi connectivity index (χ1) is 7.95. The minimum Gasteiger partial charge on any atom is -0.480 e. The molecule has 0 atom stereocenters. The van der Waals surface area contributed by atoms with Crippen molar-refractivity contribution >= 4 is 11.9 Å². The third-order valence-corrected chi connectivity index (χ3v) is 3.07. The Kier molecular flexibility index (Phi) is 2.65. The van der Waals surface area contributed by atoms with Crippen LogP contribution in [-0.4, -0.2) is 22.0 Å². The Morgan fingerprint density at radius 3 is 2.53 bits per heavy atom. The van der Waals surface area contributed by atoms with Crippen LogP contribution in [0.15, 0.2) is 4.42 Å². The molecular formula is C11H14N2O4. The van der Waals surface area contributed by atoms with Crippen molar-refractivity contribution < 1.29 is 19.1 Å². The number of hydrogen-bond acceptors (Lipinski definition) is 4. The van der Waals surface area contributed by atoms with E-state index >= 15 is 0 Å². The number of rotatable bonds is 4. The van der Waals surface area contributed by atoms with Gasteiger partial charge in [-0.1, -0.05) is 0 Å². The monoisotopic (exact) mass is 238 g/mol. The molecule has 1 aliphatic carbocycles. The summed E-state index contributed by atoms with van der Waals surface area (Å²) < 4.78 is 5.28. The molecule has 0 saturated heterocycles. The van der Waals surface area contributed by atoms with Gasteiger partial charge in [0.15, 0.2) is 0 Å². The van der Waals surface area contributed by atoms with E-state index in [9.17, 15) is 9.59 Å². The van der Waals surface area contributed by atoms with E-state index in [1.807, 2.05) is 6.92 Å². The van der Waals surface area contributed by atoms with E-state index in [4.69, 9.17) is 9.52 Å². The Morgan fingerprint density at radius 2 is 2.12 bits per heavy atom. The van der Waals surface area contributed by atoms with Gasteiger partial charge in [-0.2, -0.15) is 0 Å². The van der Waals surface area contributed by atoms with Crippen LogP contribution in [0.25, 0.3) is 0 Å². The molecule has 0 aliphatic heterocycles. The first kappa shape index (κ1) is 11.6. The molecular weight excluding hydrogens is 224 g/mol. The lowest BCUT2D eigenvalue weighted by Gasteiger charge is -2.08. The summed E-state index contributed by atoms with van der Waals surface area (Å²) >= 11 is 0. The number of carbonyl (C=O) groups is 2. The molecule has 0 radical (unpaired) electrons. The molecule has 1 amide bonds. The molecule has 17 heavy (non-hydrogen) atoms. The highest BCUT2D eigenvalue weighted by Crippen LogP contribution is 2.46. The van der Waals surface area contributed by atoms with E-state index in [0.29, 0.717) is 24.5 Å². The Labute approximate surface area is 98.0 Å². The summed E-state index contributed by atoms with van der Waals surface area (Å²) in [5.74, 6) is -0.420. The minimum absolute atomic E-state index is 0.128. The topological polar surface area (TPSA) is 92.4 Å². The largest absolute Gasteiger partial charge is 0.480 e. The number of nitrogens with zero attached hydrogens (tertiary/aromatic N) is 1. The molecule has 92 valence electrons. The van der Waals surface area contributed by atoms with Gasteiger partial charge in [-0.15, -0.1) is 0 Å². The zero-order chi connectivity index (χ0) is 12.6. The van der Waals surface area contributed by atoms with Gasteiger partial charge >= 0.3 is 5.97 Å². The summed E-state index contributed by atoms with van der Waals surface area (Å²) in [5.41, 5.74) is -0.440. The summed E-state index contributed by atoms with van der Waals surface area (Å²) in [7, 11) is 0. The van der Waals surface area contributed by atoms with Crippen molar-refractivity contribution in [3.05, 3.63) is 17.3 Å². The van der Waals surface area contributed by atoms with Crippen LogP contribution in [0.4, 0.5) is 0 Å². The molecule has 1 aromatic rings. The van der Waals surface area contributed by atoms with Crippen molar-refractivity contribution in [3.63, 3.8) is 0 Å². The first-order valence-electron chi connectivity index (χ1n) is 5.40. The van der Waals surface area contributed by atoms with Crippen molar-refractivity contribution in [2.75, 3.05) is 0 Å².